The zero-order valence-corrected chi connectivity index (χ0v) is 18.6. The number of anilines is 1. The summed E-state index contributed by atoms with van der Waals surface area (Å²) in [4.78, 5) is 3.21. The van der Waals surface area contributed by atoms with E-state index in [1.807, 2.05) is 38.6 Å². The molecule has 0 aliphatic heterocycles. The summed E-state index contributed by atoms with van der Waals surface area (Å²) in [5.74, 6) is 0.898. The molecule has 8 heteroatoms. The van der Waals surface area contributed by atoms with Crippen molar-refractivity contribution in [1.82, 2.24) is 14.8 Å². The van der Waals surface area contributed by atoms with Gasteiger partial charge in [-0.1, -0.05) is 19.9 Å². The fraction of sp³-hybridized carbons (Fsp3) is 0.400. The molecule has 0 amide bonds. The van der Waals surface area contributed by atoms with Crippen LogP contribution < -0.4 is 4.90 Å². The van der Waals surface area contributed by atoms with Crippen LogP contribution in [0.5, 0.6) is 0 Å². The lowest BCUT2D eigenvalue weighted by atomic mass is 10.1. The quantitative estimate of drug-likeness (QED) is 0.251. The summed E-state index contributed by atoms with van der Waals surface area (Å²) >= 11 is 7.16. The number of aromatic nitrogens is 3. The molecule has 1 aromatic heterocycles. The molecular formula is C20H28N4O2S2. The molecule has 0 aliphatic carbocycles. The predicted molar refractivity (Wildman–Crippen MR) is 120 cm³/mol. The first-order chi connectivity index (χ1) is 13.3. The van der Waals surface area contributed by atoms with Crippen molar-refractivity contribution >= 4 is 35.2 Å². The number of allylic oxidation sites excluding steroid dienone is 2. The van der Waals surface area contributed by atoms with Crippen molar-refractivity contribution in [2.24, 2.45) is 5.92 Å². The average Bonchev–Trinajstić information content (AvgIpc) is 3.02. The third-order valence-corrected chi connectivity index (χ3v) is 5.23. The fourth-order valence-corrected chi connectivity index (χ4v) is 3.64. The number of aromatic amines is 1. The largest absolute Gasteiger partial charge is 0.507 e. The van der Waals surface area contributed by atoms with E-state index in [0.29, 0.717) is 22.1 Å². The second kappa shape index (κ2) is 9.95. The van der Waals surface area contributed by atoms with Crippen molar-refractivity contribution in [3.63, 3.8) is 0 Å². The summed E-state index contributed by atoms with van der Waals surface area (Å²) < 4.78 is 2.24. The number of thioether (sulfide) groups is 1. The van der Waals surface area contributed by atoms with E-state index in [2.05, 4.69) is 35.0 Å². The van der Waals surface area contributed by atoms with Gasteiger partial charge in [0.05, 0.1) is 23.6 Å². The van der Waals surface area contributed by atoms with Gasteiger partial charge in [0, 0.05) is 19.0 Å². The Morgan fingerprint density at radius 1 is 1.36 bits per heavy atom. The van der Waals surface area contributed by atoms with E-state index >= 15 is 0 Å². The van der Waals surface area contributed by atoms with Gasteiger partial charge in [-0.15, -0.1) is 11.8 Å². The van der Waals surface area contributed by atoms with Crippen LogP contribution in [0.4, 0.5) is 5.69 Å². The molecule has 0 saturated heterocycles. The van der Waals surface area contributed by atoms with Crippen LogP contribution in [0.1, 0.15) is 26.1 Å². The molecule has 2 aromatic rings. The van der Waals surface area contributed by atoms with Crippen LogP contribution in [0, 0.1) is 10.7 Å². The highest BCUT2D eigenvalue weighted by Gasteiger charge is 2.18. The number of hydrogen-bond donors (Lipinski definition) is 3. The van der Waals surface area contributed by atoms with Crippen molar-refractivity contribution < 1.29 is 10.2 Å². The molecule has 0 fully saturated rings. The summed E-state index contributed by atoms with van der Waals surface area (Å²) in [5, 5.41) is 26.9. The SMILES string of the molecule is CSc1ccc(-n2c(C(=C/CC(C)C)/C(O)=C\CO)n[nH]c2=S)cc1N(C)C. The molecule has 0 spiro atoms. The highest BCUT2D eigenvalue weighted by molar-refractivity contribution is 7.98. The van der Waals surface area contributed by atoms with Gasteiger partial charge >= 0.3 is 0 Å². The fourth-order valence-electron chi connectivity index (χ4n) is 2.74. The molecular weight excluding hydrogens is 392 g/mol. The van der Waals surface area contributed by atoms with Crippen molar-refractivity contribution in [3.05, 3.63) is 46.7 Å². The van der Waals surface area contributed by atoms with Crippen LogP contribution in [-0.4, -0.2) is 51.9 Å². The molecule has 152 valence electrons. The minimum atomic E-state index is -0.261. The van der Waals surface area contributed by atoms with E-state index in [1.54, 1.807) is 16.3 Å². The third-order valence-electron chi connectivity index (χ3n) is 4.17. The molecule has 0 unspecified atom stereocenters. The normalized spacial score (nSPS) is 12.7. The van der Waals surface area contributed by atoms with Crippen LogP contribution in [0.15, 0.2) is 41.0 Å². The first-order valence-electron chi connectivity index (χ1n) is 9.04. The Kier molecular flexibility index (Phi) is 7.91. The number of rotatable bonds is 8. The Hall–Kier alpha value is -2.03. The summed E-state index contributed by atoms with van der Waals surface area (Å²) in [6, 6.07) is 6.09. The van der Waals surface area contributed by atoms with Crippen LogP contribution in [-0.2, 0) is 0 Å². The van der Waals surface area contributed by atoms with Crippen molar-refractivity contribution in [1.29, 1.82) is 0 Å². The molecule has 0 atom stereocenters. The molecule has 0 radical (unpaired) electrons. The average molecular weight is 421 g/mol. The minimum Gasteiger partial charge on any atom is -0.507 e. The zero-order chi connectivity index (χ0) is 20.8. The topological polar surface area (TPSA) is 77.3 Å². The number of aliphatic hydroxyl groups is 2. The lowest BCUT2D eigenvalue weighted by Gasteiger charge is -2.18. The molecule has 1 aromatic carbocycles. The van der Waals surface area contributed by atoms with Gasteiger partial charge in [-0.05, 0) is 55.1 Å². The lowest BCUT2D eigenvalue weighted by molar-refractivity contribution is 0.333. The Labute approximate surface area is 175 Å². The van der Waals surface area contributed by atoms with E-state index < -0.39 is 0 Å². The van der Waals surface area contributed by atoms with Crippen LogP contribution in [0.3, 0.4) is 0 Å². The van der Waals surface area contributed by atoms with Gasteiger partial charge in [-0.3, -0.25) is 9.67 Å². The number of nitrogens with one attached hydrogen (secondary N) is 1. The number of benzene rings is 1. The molecule has 6 nitrogen and oxygen atoms in total. The van der Waals surface area contributed by atoms with E-state index in [9.17, 15) is 10.2 Å². The molecule has 0 saturated carbocycles. The van der Waals surface area contributed by atoms with Gasteiger partial charge in [-0.2, -0.15) is 5.10 Å². The predicted octanol–water partition coefficient (Wildman–Crippen LogP) is 4.58. The van der Waals surface area contributed by atoms with Gasteiger partial charge < -0.3 is 15.1 Å². The van der Waals surface area contributed by atoms with Gasteiger partial charge in [0.1, 0.15) is 5.76 Å². The molecule has 2 rings (SSSR count). The molecule has 28 heavy (non-hydrogen) atoms. The first kappa shape index (κ1) is 22.3. The smallest absolute Gasteiger partial charge is 0.200 e. The van der Waals surface area contributed by atoms with E-state index in [0.717, 1.165) is 22.7 Å². The number of aliphatic hydroxyl groups excluding tert-OH is 2. The maximum Gasteiger partial charge on any atom is 0.200 e. The second-order valence-electron chi connectivity index (χ2n) is 6.96. The van der Waals surface area contributed by atoms with Crippen LogP contribution >= 0.6 is 24.0 Å². The molecule has 3 N–H and O–H groups in total. The minimum absolute atomic E-state index is 0.0213. The highest BCUT2D eigenvalue weighted by Crippen LogP contribution is 2.31. The first-order valence-corrected chi connectivity index (χ1v) is 10.7. The third kappa shape index (κ3) is 5.06. The monoisotopic (exact) mass is 420 g/mol. The molecule has 0 bridgehead atoms. The number of nitrogens with zero attached hydrogens (tertiary/aromatic N) is 3. The maximum absolute atomic E-state index is 10.5. The van der Waals surface area contributed by atoms with Crippen LogP contribution in [0.2, 0.25) is 0 Å². The van der Waals surface area contributed by atoms with E-state index in [1.165, 1.54) is 6.08 Å². The van der Waals surface area contributed by atoms with Crippen molar-refractivity contribution in [3.8, 4) is 5.69 Å². The van der Waals surface area contributed by atoms with Gasteiger partial charge in [-0.25, -0.2) is 0 Å². The second-order valence-corrected chi connectivity index (χ2v) is 8.19. The molecule has 1 heterocycles. The Balaban J connectivity index is 2.67. The Bertz CT molecular complexity index is 927. The van der Waals surface area contributed by atoms with Gasteiger partial charge in [0.25, 0.3) is 0 Å². The number of hydrogen-bond acceptors (Lipinski definition) is 6. The zero-order valence-electron chi connectivity index (χ0n) is 16.9. The van der Waals surface area contributed by atoms with Gasteiger partial charge in [0.15, 0.2) is 10.6 Å². The highest BCUT2D eigenvalue weighted by atomic mass is 32.2. The summed E-state index contributed by atoms with van der Waals surface area (Å²) in [5.41, 5.74) is 2.46. The summed E-state index contributed by atoms with van der Waals surface area (Å²) in [6.45, 7) is 3.94. The van der Waals surface area contributed by atoms with Crippen LogP contribution in [0.25, 0.3) is 11.3 Å². The lowest BCUT2D eigenvalue weighted by Crippen LogP contribution is -2.11. The van der Waals surface area contributed by atoms with Crippen molar-refractivity contribution in [2.75, 3.05) is 31.9 Å². The van der Waals surface area contributed by atoms with Gasteiger partial charge in [0.2, 0.25) is 0 Å². The standard InChI is InChI=1S/C20H28N4O2S2/c1-13(2)6-8-15(17(26)10-11-25)19-21-22-20(27)24(19)14-7-9-18(28-5)16(12-14)23(3)4/h7-10,12-13,25-26H,6,11H2,1-5H3,(H,22,27)/b15-8+,17-10+. The van der Waals surface area contributed by atoms with E-state index in [-0.39, 0.29) is 12.4 Å². The number of H-pyrrole nitrogens is 1. The summed E-state index contributed by atoms with van der Waals surface area (Å²) in [6.07, 6.45) is 6.08. The summed E-state index contributed by atoms with van der Waals surface area (Å²) in [7, 11) is 4.00. The van der Waals surface area contributed by atoms with Crippen molar-refractivity contribution in [2.45, 2.75) is 25.2 Å². The molecule has 0 aliphatic rings. The Morgan fingerprint density at radius 3 is 2.64 bits per heavy atom. The maximum atomic E-state index is 10.5. The van der Waals surface area contributed by atoms with E-state index in [4.69, 9.17) is 12.2 Å². The Morgan fingerprint density at radius 2 is 2.07 bits per heavy atom.